The molecule has 152 valence electrons. The lowest BCUT2D eigenvalue weighted by Gasteiger charge is -2.14. The van der Waals surface area contributed by atoms with Gasteiger partial charge in [-0.15, -0.1) is 0 Å². The van der Waals surface area contributed by atoms with Gasteiger partial charge < -0.3 is 14.5 Å². The van der Waals surface area contributed by atoms with Crippen molar-refractivity contribution < 1.29 is 14.3 Å². The van der Waals surface area contributed by atoms with E-state index < -0.39 is 0 Å². The summed E-state index contributed by atoms with van der Waals surface area (Å²) in [7, 11) is 1.41. The third kappa shape index (κ3) is 4.50. The van der Waals surface area contributed by atoms with Gasteiger partial charge in [0.2, 0.25) is 0 Å². The molecule has 0 fully saturated rings. The van der Waals surface area contributed by atoms with Gasteiger partial charge in [0, 0.05) is 34.3 Å². The highest BCUT2D eigenvalue weighted by Gasteiger charge is 2.12. The Morgan fingerprint density at radius 1 is 1.03 bits per heavy atom. The molecule has 3 aromatic carbocycles. The zero-order valence-electron chi connectivity index (χ0n) is 16.7. The number of carbonyl (C=O) groups excluding carboxylic acids is 1. The Balaban J connectivity index is 1.67. The number of aryl methyl sites for hydroxylation is 1. The fourth-order valence-electron chi connectivity index (χ4n) is 3.42. The van der Waals surface area contributed by atoms with Gasteiger partial charge in [-0.25, -0.2) is 0 Å². The number of benzene rings is 3. The maximum atomic E-state index is 11.6. The third-order valence-electron chi connectivity index (χ3n) is 5.09. The van der Waals surface area contributed by atoms with Gasteiger partial charge in [0.25, 0.3) is 0 Å². The molecule has 0 aliphatic heterocycles. The fraction of sp³-hybridized carbons (Fsp3) is 0.160. The zero-order chi connectivity index (χ0) is 20.9. The van der Waals surface area contributed by atoms with Crippen LogP contribution < -0.4 is 4.74 Å². The van der Waals surface area contributed by atoms with Gasteiger partial charge in [0.15, 0.2) is 0 Å². The number of methoxy groups -OCH3 is 1. The standard InChI is InChI=1S/C25H22ClNO3/c1-29-25(28)11-7-17-6-10-24(30-16-20-4-2-3-5-22(20)26)21(14-17)18-8-9-23-19(15-18)12-13-27-23/h2-6,8-10,12-15,27H,7,11,16H2,1H3. The van der Waals surface area contributed by atoms with E-state index in [0.717, 1.165) is 38.9 Å². The molecule has 1 heterocycles. The van der Waals surface area contributed by atoms with Crippen molar-refractivity contribution in [1.29, 1.82) is 0 Å². The number of esters is 1. The van der Waals surface area contributed by atoms with Crippen molar-refractivity contribution in [2.75, 3.05) is 7.11 Å². The Kier molecular flexibility index (Phi) is 6.05. The maximum Gasteiger partial charge on any atom is 0.305 e. The topological polar surface area (TPSA) is 51.3 Å². The number of H-pyrrole nitrogens is 1. The van der Waals surface area contributed by atoms with Crippen molar-refractivity contribution in [2.45, 2.75) is 19.4 Å². The lowest BCUT2D eigenvalue weighted by molar-refractivity contribution is -0.140. The molecule has 30 heavy (non-hydrogen) atoms. The van der Waals surface area contributed by atoms with Gasteiger partial charge >= 0.3 is 5.97 Å². The summed E-state index contributed by atoms with van der Waals surface area (Å²) < 4.78 is 10.9. The highest BCUT2D eigenvalue weighted by atomic mass is 35.5. The molecule has 1 N–H and O–H groups in total. The minimum absolute atomic E-state index is 0.218. The number of hydrogen-bond donors (Lipinski definition) is 1. The second kappa shape index (κ2) is 9.06. The number of carbonyl (C=O) groups is 1. The number of ether oxygens (including phenoxy) is 2. The molecule has 0 aliphatic carbocycles. The van der Waals surface area contributed by atoms with E-state index in [-0.39, 0.29) is 5.97 Å². The van der Waals surface area contributed by atoms with Crippen LogP contribution in [0, 0.1) is 0 Å². The smallest absolute Gasteiger partial charge is 0.305 e. The first-order valence-electron chi connectivity index (χ1n) is 9.77. The van der Waals surface area contributed by atoms with Crippen LogP contribution in [0.1, 0.15) is 17.5 Å². The highest BCUT2D eigenvalue weighted by molar-refractivity contribution is 6.31. The largest absolute Gasteiger partial charge is 0.488 e. The number of aromatic amines is 1. The predicted octanol–water partition coefficient (Wildman–Crippen LogP) is 6.17. The van der Waals surface area contributed by atoms with Crippen LogP contribution in [0.15, 0.2) is 72.9 Å². The molecule has 4 nitrogen and oxygen atoms in total. The average molecular weight is 420 g/mol. The number of nitrogens with one attached hydrogen (secondary N) is 1. The molecule has 0 unspecified atom stereocenters. The molecule has 0 bridgehead atoms. The van der Waals surface area contributed by atoms with Crippen LogP contribution >= 0.6 is 11.6 Å². The monoisotopic (exact) mass is 419 g/mol. The molecule has 0 radical (unpaired) electrons. The lowest BCUT2D eigenvalue weighted by atomic mass is 9.98. The Morgan fingerprint density at radius 2 is 1.90 bits per heavy atom. The molecule has 4 rings (SSSR count). The van der Waals surface area contributed by atoms with Crippen LogP contribution in [-0.4, -0.2) is 18.1 Å². The second-order valence-corrected chi connectivity index (χ2v) is 7.47. The molecule has 4 aromatic rings. The summed E-state index contributed by atoms with van der Waals surface area (Å²) >= 11 is 6.28. The van der Waals surface area contributed by atoms with E-state index in [2.05, 4.69) is 29.2 Å². The van der Waals surface area contributed by atoms with E-state index in [9.17, 15) is 4.79 Å². The molecule has 0 saturated carbocycles. The highest BCUT2D eigenvalue weighted by Crippen LogP contribution is 2.34. The van der Waals surface area contributed by atoms with Crippen molar-refractivity contribution in [3.8, 4) is 16.9 Å². The minimum Gasteiger partial charge on any atom is -0.488 e. The Labute approximate surface area is 180 Å². The van der Waals surface area contributed by atoms with E-state index in [4.69, 9.17) is 21.1 Å². The van der Waals surface area contributed by atoms with Gasteiger partial charge in [-0.1, -0.05) is 41.9 Å². The zero-order valence-corrected chi connectivity index (χ0v) is 17.4. The van der Waals surface area contributed by atoms with E-state index >= 15 is 0 Å². The number of aromatic nitrogens is 1. The van der Waals surface area contributed by atoms with Crippen LogP contribution in [0.2, 0.25) is 5.02 Å². The molecule has 1 aromatic heterocycles. The van der Waals surface area contributed by atoms with E-state index in [1.165, 1.54) is 7.11 Å². The van der Waals surface area contributed by atoms with E-state index in [1.54, 1.807) is 0 Å². The molecule has 0 spiro atoms. The van der Waals surface area contributed by atoms with Crippen LogP contribution in [0.3, 0.4) is 0 Å². The number of hydrogen-bond acceptors (Lipinski definition) is 3. The number of rotatable bonds is 7. The van der Waals surface area contributed by atoms with Crippen molar-refractivity contribution in [3.05, 3.63) is 89.1 Å². The summed E-state index contributed by atoms with van der Waals surface area (Å²) in [6.07, 6.45) is 2.87. The van der Waals surface area contributed by atoms with E-state index in [0.29, 0.717) is 24.5 Å². The molecule has 0 amide bonds. The summed E-state index contributed by atoms with van der Waals surface area (Å²) in [5.74, 6) is 0.552. The number of fused-ring (bicyclic) bond motifs is 1. The second-order valence-electron chi connectivity index (χ2n) is 7.07. The summed E-state index contributed by atoms with van der Waals surface area (Å²) in [5, 5.41) is 1.81. The first kappa shape index (κ1) is 20.0. The van der Waals surface area contributed by atoms with Gasteiger partial charge in [0.05, 0.1) is 7.11 Å². The maximum absolute atomic E-state index is 11.6. The predicted molar refractivity (Wildman–Crippen MR) is 120 cm³/mol. The van der Waals surface area contributed by atoms with Gasteiger partial charge in [-0.05, 0) is 59.3 Å². The number of halogens is 1. The lowest BCUT2D eigenvalue weighted by Crippen LogP contribution is -2.03. The summed E-state index contributed by atoms with van der Waals surface area (Å²) in [4.78, 5) is 14.8. The minimum atomic E-state index is -0.218. The van der Waals surface area contributed by atoms with Crippen LogP contribution in [0.25, 0.3) is 22.0 Å². The van der Waals surface area contributed by atoms with Crippen molar-refractivity contribution in [2.24, 2.45) is 0 Å². The SMILES string of the molecule is COC(=O)CCc1ccc(OCc2ccccc2Cl)c(-c2ccc3[nH]ccc3c2)c1. The molecule has 0 saturated heterocycles. The van der Waals surface area contributed by atoms with Crippen LogP contribution in [0.5, 0.6) is 5.75 Å². The Hall–Kier alpha value is -3.24. The molecule has 0 aliphatic rings. The Bertz CT molecular complexity index is 1180. The quantitative estimate of drug-likeness (QED) is 0.364. The van der Waals surface area contributed by atoms with Gasteiger partial charge in [0.1, 0.15) is 12.4 Å². The first-order chi connectivity index (χ1) is 14.6. The summed E-state index contributed by atoms with van der Waals surface area (Å²) in [6, 6.07) is 22.0. The van der Waals surface area contributed by atoms with Gasteiger partial charge in [-0.3, -0.25) is 4.79 Å². The Morgan fingerprint density at radius 3 is 2.73 bits per heavy atom. The average Bonchev–Trinajstić information content (AvgIpc) is 3.25. The van der Waals surface area contributed by atoms with Crippen LogP contribution in [0.4, 0.5) is 0 Å². The van der Waals surface area contributed by atoms with Crippen molar-refractivity contribution in [3.63, 3.8) is 0 Å². The summed E-state index contributed by atoms with van der Waals surface area (Å²) in [6.45, 7) is 0.376. The third-order valence-corrected chi connectivity index (χ3v) is 5.46. The van der Waals surface area contributed by atoms with Crippen molar-refractivity contribution in [1.82, 2.24) is 4.98 Å². The fourth-order valence-corrected chi connectivity index (χ4v) is 3.61. The normalized spacial score (nSPS) is 10.9. The molecule has 0 atom stereocenters. The van der Waals surface area contributed by atoms with E-state index in [1.807, 2.05) is 48.7 Å². The van der Waals surface area contributed by atoms with Crippen molar-refractivity contribution >= 4 is 28.5 Å². The molecular formula is C25H22ClNO3. The van der Waals surface area contributed by atoms with Gasteiger partial charge in [-0.2, -0.15) is 0 Å². The first-order valence-corrected chi connectivity index (χ1v) is 10.2. The van der Waals surface area contributed by atoms with Crippen LogP contribution in [-0.2, 0) is 22.6 Å². The summed E-state index contributed by atoms with van der Waals surface area (Å²) in [5.41, 5.74) is 5.10. The molecule has 5 heteroatoms. The molecular weight excluding hydrogens is 398 g/mol.